The first kappa shape index (κ1) is 21.0. The average molecular weight is 413 g/mol. The molecule has 151 valence electrons. The smallest absolute Gasteiger partial charge is 0.213 e. The Labute approximate surface area is 171 Å². The predicted octanol–water partition coefficient (Wildman–Crippen LogP) is 5.18. The lowest BCUT2D eigenvalue weighted by atomic mass is 10.1. The van der Waals surface area contributed by atoms with Gasteiger partial charge < -0.3 is 4.74 Å². The van der Waals surface area contributed by atoms with E-state index in [0.29, 0.717) is 5.69 Å². The summed E-state index contributed by atoms with van der Waals surface area (Å²) in [6, 6.07) is 15.8. The third kappa shape index (κ3) is 4.48. The zero-order chi connectivity index (χ0) is 21.0. The standard InChI is InChI=1S/C23H23FNO3S/c1-4-5-6-17-7-13-22(21(15-17)28-3)29(26,27)19-10-8-18(9-11-19)20-12-14-23(24)25-16(20)2/h7-14H,4-6H2,1-3H3. The summed E-state index contributed by atoms with van der Waals surface area (Å²) >= 11 is 0. The highest BCUT2D eigenvalue weighted by atomic mass is 32.2. The van der Waals surface area contributed by atoms with Crippen LogP contribution in [0.3, 0.4) is 0 Å². The van der Waals surface area contributed by atoms with Crippen molar-refractivity contribution in [2.24, 2.45) is 0 Å². The van der Waals surface area contributed by atoms with Crippen LogP contribution in [-0.2, 0) is 16.3 Å². The third-order valence-electron chi connectivity index (χ3n) is 4.75. The van der Waals surface area contributed by atoms with Crippen LogP contribution in [0.2, 0.25) is 0 Å². The van der Waals surface area contributed by atoms with E-state index in [9.17, 15) is 12.8 Å². The molecule has 3 aromatic rings. The van der Waals surface area contributed by atoms with Gasteiger partial charge in [0.1, 0.15) is 10.6 Å². The Kier molecular flexibility index (Phi) is 6.33. The van der Waals surface area contributed by atoms with Crippen LogP contribution < -0.4 is 4.74 Å². The van der Waals surface area contributed by atoms with Crippen molar-refractivity contribution in [2.45, 2.75) is 42.9 Å². The lowest BCUT2D eigenvalue weighted by Crippen LogP contribution is -2.05. The van der Waals surface area contributed by atoms with Crippen molar-refractivity contribution in [2.75, 3.05) is 7.11 Å². The number of unbranched alkanes of at least 4 members (excludes halogenated alkanes) is 1. The van der Waals surface area contributed by atoms with Gasteiger partial charge in [0, 0.05) is 17.3 Å². The van der Waals surface area contributed by atoms with Gasteiger partial charge in [-0.2, -0.15) is 4.39 Å². The number of halogens is 1. The number of hydrogen-bond donors (Lipinski definition) is 0. The number of methoxy groups -OCH3 is 1. The number of nitrogens with zero attached hydrogens (tertiary/aromatic N) is 1. The SMILES string of the molecule is CCCCc1[c]c(OC)c(S(=O)(=O)c2ccc(-c3ccc(F)nc3C)cc2)cc1. The maximum atomic E-state index is 13.2. The molecule has 1 radical (unpaired) electrons. The van der Waals surface area contributed by atoms with Crippen molar-refractivity contribution in [3.05, 3.63) is 71.8 Å². The second-order valence-corrected chi connectivity index (χ2v) is 8.70. The molecule has 0 aliphatic rings. The van der Waals surface area contributed by atoms with E-state index in [4.69, 9.17) is 4.74 Å². The van der Waals surface area contributed by atoms with E-state index in [1.165, 1.54) is 25.3 Å². The monoisotopic (exact) mass is 412 g/mol. The number of aryl methyl sites for hydroxylation is 2. The molecule has 29 heavy (non-hydrogen) atoms. The summed E-state index contributed by atoms with van der Waals surface area (Å²) in [5.41, 5.74) is 2.99. The Balaban J connectivity index is 1.95. The molecule has 0 aliphatic heterocycles. The van der Waals surface area contributed by atoms with Gasteiger partial charge in [0.15, 0.2) is 0 Å². The van der Waals surface area contributed by atoms with E-state index in [0.717, 1.165) is 36.0 Å². The van der Waals surface area contributed by atoms with Crippen molar-refractivity contribution >= 4 is 9.84 Å². The summed E-state index contributed by atoms with van der Waals surface area (Å²) in [7, 11) is -2.32. The van der Waals surface area contributed by atoms with Gasteiger partial charge in [0.2, 0.25) is 15.8 Å². The molecule has 6 heteroatoms. The molecule has 0 fully saturated rings. The molecule has 0 aliphatic carbocycles. The molecule has 0 spiro atoms. The molecule has 1 heterocycles. The van der Waals surface area contributed by atoms with Crippen LogP contribution >= 0.6 is 0 Å². The van der Waals surface area contributed by atoms with Gasteiger partial charge in [0.25, 0.3) is 0 Å². The van der Waals surface area contributed by atoms with Gasteiger partial charge in [-0.15, -0.1) is 0 Å². The molecule has 2 aromatic carbocycles. The summed E-state index contributed by atoms with van der Waals surface area (Å²) in [5, 5.41) is 0. The van der Waals surface area contributed by atoms with Crippen LogP contribution in [0.15, 0.2) is 58.3 Å². The number of benzene rings is 2. The van der Waals surface area contributed by atoms with Crippen molar-refractivity contribution in [3.63, 3.8) is 0 Å². The van der Waals surface area contributed by atoms with E-state index in [2.05, 4.69) is 18.0 Å². The lowest BCUT2D eigenvalue weighted by Gasteiger charge is -2.12. The molecule has 1 aromatic heterocycles. The van der Waals surface area contributed by atoms with Crippen LogP contribution in [0, 0.1) is 18.9 Å². The minimum absolute atomic E-state index is 0.0904. The molecule has 0 saturated heterocycles. The van der Waals surface area contributed by atoms with E-state index in [-0.39, 0.29) is 15.5 Å². The molecular formula is C23H23FNO3S. The van der Waals surface area contributed by atoms with Gasteiger partial charge in [-0.3, -0.25) is 0 Å². The molecule has 3 rings (SSSR count). The third-order valence-corrected chi connectivity index (χ3v) is 6.55. The normalized spacial score (nSPS) is 11.4. The minimum Gasteiger partial charge on any atom is -0.495 e. The largest absolute Gasteiger partial charge is 0.495 e. The quantitative estimate of drug-likeness (QED) is 0.502. The zero-order valence-electron chi connectivity index (χ0n) is 16.7. The molecular weight excluding hydrogens is 389 g/mol. The highest BCUT2D eigenvalue weighted by molar-refractivity contribution is 7.91. The highest BCUT2D eigenvalue weighted by Crippen LogP contribution is 2.32. The van der Waals surface area contributed by atoms with E-state index >= 15 is 0 Å². The van der Waals surface area contributed by atoms with Crippen LogP contribution in [-0.4, -0.2) is 20.5 Å². The first-order valence-corrected chi connectivity index (χ1v) is 10.9. The van der Waals surface area contributed by atoms with Crippen molar-refractivity contribution in [1.29, 1.82) is 0 Å². The Bertz CT molecular complexity index is 1110. The van der Waals surface area contributed by atoms with Crippen molar-refractivity contribution < 1.29 is 17.5 Å². The Hall–Kier alpha value is -2.73. The maximum Gasteiger partial charge on any atom is 0.213 e. The van der Waals surface area contributed by atoms with Crippen molar-refractivity contribution in [1.82, 2.24) is 4.98 Å². The highest BCUT2D eigenvalue weighted by Gasteiger charge is 2.23. The fourth-order valence-electron chi connectivity index (χ4n) is 3.15. The van der Waals surface area contributed by atoms with Crippen LogP contribution in [0.4, 0.5) is 4.39 Å². The first-order chi connectivity index (χ1) is 13.9. The van der Waals surface area contributed by atoms with Crippen LogP contribution in [0.5, 0.6) is 5.75 Å². The number of aromatic nitrogens is 1. The fraction of sp³-hybridized carbons (Fsp3) is 0.261. The summed E-state index contributed by atoms with van der Waals surface area (Å²) in [6.45, 7) is 3.81. The summed E-state index contributed by atoms with van der Waals surface area (Å²) in [5.74, 6) is -0.322. The number of sulfone groups is 1. The molecule has 0 atom stereocenters. The fourth-order valence-corrected chi connectivity index (χ4v) is 4.53. The number of hydrogen-bond acceptors (Lipinski definition) is 4. The maximum absolute atomic E-state index is 13.2. The van der Waals surface area contributed by atoms with Gasteiger partial charge >= 0.3 is 0 Å². The van der Waals surface area contributed by atoms with E-state index < -0.39 is 15.8 Å². The summed E-state index contributed by atoms with van der Waals surface area (Å²) in [4.78, 5) is 4.06. The second kappa shape index (κ2) is 8.74. The van der Waals surface area contributed by atoms with Crippen LogP contribution in [0.25, 0.3) is 11.1 Å². The minimum atomic E-state index is -3.77. The molecule has 0 N–H and O–H groups in total. The average Bonchev–Trinajstić information content (AvgIpc) is 2.72. The van der Waals surface area contributed by atoms with Gasteiger partial charge in [-0.1, -0.05) is 31.5 Å². The summed E-state index contributed by atoms with van der Waals surface area (Å²) in [6.07, 6.45) is 2.88. The van der Waals surface area contributed by atoms with E-state index in [1.807, 2.05) is 0 Å². The molecule has 0 amide bonds. The zero-order valence-corrected chi connectivity index (χ0v) is 17.5. The van der Waals surface area contributed by atoms with Gasteiger partial charge in [-0.05, 0) is 61.2 Å². The second-order valence-electron chi connectivity index (χ2n) is 6.78. The lowest BCUT2D eigenvalue weighted by molar-refractivity contribution is 0.401. The number of rotatable bonds is 7. The Morgan fingerprint density at radius 1 is 1.07 bits per heavy atom. The van der Waals surface area contributed by atoms with Gasteiger partial charge in [0.05, 0.1) is 12.0 Å². The molecule has 0 bridgehead atoms. The Morgan fingerprint density at radius 3 is 2.41 bits per heavy atom. The topological polar surface area (TPSA) is 56.3 Å². The Morgan fingerprint density at radius 2 is 1.79 bits per heavy atom. The van der Waals surface area contributed by atoms with Crippen molar-refractivity contribution in [3.8, 4) is 16.9 Å². The first-order valence-electron chi connectivity index (χ1n) is 9.44. The molecule has 0 unspecified atom stereocenters. The van der Waals surface area contributed by atoms with E-state index in [1.54, 1.807) is 37.3 Å². The van der Waals surface area contributed by atoms with Crippen LogP contribution in [0.1, 0.15) is 31.0 Å². The summed E-state index contributed by atoms with van der Waals surface area (Å²) < 4.78 is 44.8. The number of ether oxygens (including phenoxy) is 1. The molecule has 4 nitrogen and oxygen atoms in total. The number of pyridine rings is 1. The molecule has 0 saturated carbocycles. The van der Waals surface area contributed by atoms with Gasteiger partial charge in [-0.25, -0.2) is 13.4 Å². The predicted molar refractivity (Wildman–Crippen MR) is 110 cm³/mol.